The smallest absolute Gasteiger partial charge is 0.186 e. The molecular formula is C14H8Br2N2O2S2. The first-order valence-corrected chi connectivity index (χ1v) is 9.35. The Labute approximate surface area is 151 Å². The van der Waals surface area contributed by atoms with Gasteiger partial charge in [0, 0.05) is 11.6 Å². The predicted molar refractivity (Wildman–Crippen MR) is 96.7 cm³/mol. The number of carbonyl (C=O) groups excluding carboxylic acids is 1. The van der Waals surface area contributed by atoms with Crippen LogP contribution in [0.5, 0.6) is 5.75 Å². The summed E-state index contributed by atoms with van der Waals surface area (Å²) >= 11 is 9.07. The standard InChI is InChI=1S/C14H8Br2N2O2S2/c15-7-3-6(4-8(16)11(7)19)5-9-12(20)10(13(17)22-9)14-18-1-2-21-14/h1-5,10,17,19H/b9-5-,17-13?/t10-/m1/s1. The summed E-state index contributed by atoms with van der Waals surface area (Å²) in [5.74, 6) is -0.577. The zero-order chi connectivity index (χ0) is 15.9. The Balaban J connectivity index is 1.96. The molecular weight excluding hydrogens is 452 g/mol. The van der Waals surface area contributed by atoms with E-state index in [0.717, 1.165) is 17.3 Å². The summed E-state index contributed by atoms with van der Waals surface area (Å²) in [6.07, 6.45) is 3.37. The number of rotatable bonds is 2. The number of aromatic nitrogens is 1. The Bertz CT molecular complexity index is 780. The maximum atomic E-state index is 12.5. The zero-order valence-corrected chi connectivity index (χ0v) is 15.6. The molecule has 0 bridgehead atoms. The highest BCUT2D eigenvalue weighted by Crippen LogP contribution is 2.42. The van der Waals surface area contributed by atoms with Crippen LogP contribution in [-0.4, -0.2) is 20.9 Å². The monoisotopic (exact) mass is 458 g/mol. The highest BCUT2D eigenvalue weighted by atomic mass is 79.9. The molecule has 0 amide bonds. The second-order valence-electron chi connectivity index (χ2n) is 4.48. The van der Waals surface area contributed by atoms with Gasteiger partial charge in [-0.3, -0.25) is 10.2 Å². The summed E-state index contributed by atoms with van der Waals surface area (Å²) in [5.41, 5.74) is 0.764. The van der Waals surface area contributed by atoms with Gasteiger partial charge in [-0.05, 0) is 55.6 Å². The molecule has 1 aromatic carbocycles. The zero-order valence-electron chi connectivity index (χ0n) is 10.8. The van der Waals surface area contributed by atoms with Crippen LogP contribution in [0, 0.1) is 5.41 Å². The molecule has 4 nitrogen and oxygen atoms in total. The summed E-state index contributed by atoms with van der Waals surface area (Å²) < 4.78 is 1.08. The number of phenols is 1. The van der Waals surface area contributed by atoms with Crippen molar-refractivity contribution in [3.05, 3.63) is 48.1 Å². The van der Waals surface area contributed by atoms with Gasteiger partial charge in [0.25, 0.3) is 0 Å². The number of nitrogens with zero attached hydrogens (tertiary/aromatic N) is 1. The second kappa shape index (κ2) is 6.27. The highest BCUT2D eigenvalue weighted by molar-refractivity contribution is 9.11. The van der Waals surface area contributed by atoms with Crippen molar-refractivity contribution in [3.63, 3.8) is 0 Å². The van der Waals surface area contributed by atoms with Crippen molar-refractivity contribution in [2.24, 2.45) is 0 Å². The third-order valence-electron chi connectivity index (χ3n) is 3.02. The fourth-order valence-electron chi connectivity index (χ4n) is 2.01. The maximum absolute atomic E-state index is 12.5. The lowest BCUT2D eigenvalue weighted by Gasteiger charge is -2.03. The number of hydrogen-bond donors (Lipinski definition) is 2. The van der Waals surface area contributed by atoms with Crippen LogP contribution >= 0.6 is 55.0 Å². The number of thiazole rings is 1. The third-order valence-corrected chi connectivity index (χ3v) is 6.07. The highest BCUT2D eigenvalue weighted by Gasteiger charge is 2.38. The molecule has 1 aliphatic heterocycles. The largest absolute Gasteiger partial charge is 0.506 e. The van der Waals surface area contributed by atoms with Gasteiger partial charge in [0.1, 0.15) is 16.7 Å². The van der Waals surface area contributed by atoms with E-state index in [-0.39, 0.29) is 11.5 Å². The molecule has 2 N–H and O–H groups in total. The minimum atomic E-state index is -0.583. The van der Waals surface area contributed by atoms with Crippen LogP contribution in [-0.2, 0) is 4.79 Å². The van der Waals surface area contributed by atoms with E-state index in [0.29, 0.717) is 23.9 Å². The Morgan fingerprint density at radius 2 is 2.00 bits per heavy atom. The van der Waals surface area contributed by atoms with Crippen LogP contribution in [0.2, 0.25) is 0 Å². The van der Waals surface area contributed by atoms with E-state index >= 15 is 0 Å². The van der Waals surface area contributed by atoms with E-state index in [1.165, 1.54) is 11.3 Å². The lowest BCUT2D eigenvalue weighted by Crippen LogP contribution is -2.11. The number of aromatic hydroxyl groups is 1. The molecule has 3 rings (SSSR count). The molecule has 1 aliphatic rings. The first kappa shape index (κ1) is 15.9. The van der Waals surface area contributed by atoms with Gasteiger partial charge < -0.3 is 5.11 Å². The number of halogens is 2. The first-order chi connectivity index (χ1) is 10.5. The molecule has 8 heteroatoms. The molecule has 0 radical (unpaired) electrons. The summed E-state index contributed by atoms with van der Waals surface area (Å²) in [6, 6.07) is 3.45. The average Bonchev–Trinajstić information content (AvgIpc) is 3.05. The number of Topliss-reactive ketones (excluding diaryl/α,β-unsaturated/α-hetero) is 1. The molecule has 22 heavy (non-hydrogen) atoms. The molecule has 1 fully saturated rings. The van der Waals surface area contributed by atoms with Gasteiger partial charge in [0.05, 0.1) is 18.9 Å². The van der Waals surface area contributed by atoms with E-state index in [1.807, 2.05) is 0 Å². The number of thioether (sulfide) groups is 1. The van der Waals surface area contributed by atoms with Crippen molar-refractivity contribution >= 4 is 71.9 Å². The van der Waals surface area contributed by atoms with Gasteiger partial charge in [0.2, 0.25) is 0 Å². The Morgan fingerprint density at radius 1 is 1.32 bits per heavy atom. The predicted octanol–water partition coefficient (Wildman–Crippen LogP) is 4.79. The number of allylic oxidation sites excluding steroid dienone is 1. The third kappa shape index (κ3) is 2.92. The number of phenolic OH excluding ortho intramolecular Hbond substituents is 1. The van der Waals surface area contributed by atoms with Gasteiger partial charge in [0.15, 0.2) is 5.78 Å². The lowest BCUT2D eigenvalue weighted by atomic mass is 10.1. The van der Waals surface area contributed by atoms with E-state index in [4.69, 9.17) is 5.41 Å². The van der Waals surface area contributed by atoms with Crippen molar-refractivity contribution < 1.29 is 9.90 Å². The van der Waals surface area contributed by atoms with Crippen molar-refractivity contribution in [3.8, 4) is 5.75 Å². The summed E-state index contributed by atoms with van der Waals surface area (Å²) in [6.45, 7) is 0. The first-order valence-electron chi connectivity index (χ1n) is 6.07. The molecule has 0 spiro atoms. The number of ketones is 1. The Hall–Kier alpha value is -0.960. The van der Waals surface area contributed by atoms with Crippen molar-refractivity contribution in [1.82, 2.24) is 4.98 Å². The topological polar surface area (TPSA) is 74.0 Å². The van der Waals surface area contributed by atoms with Gasteiger partial charge >= 0.3 is 0 Å². The number of carbonyl (C=O) groups is 1. The van der Waals surface area contributed by atoms with Crippen molar-refractivity contribution in [2.45, 2.75) is 5.92 Å². The van der Waals surface area contributed by atoms with Crippen LogP contribution < -0.4 is 0 Å². The molecule has 0 aliphatic carbocycles. The van der Waals surface area contributed by atoms with Gasteiger partial charge in [-0.2, -0.15) is 0 Å². The average molecular weight is 460 g/mol. The molecule has 0 unspecified atom stereocenters. The van der Waals surface area contributed by atoms with E-state index < -0.39 is 5.92 Å². The van der Waals surface area contributed by atoms with Crippen LogP contribution in [0.15, 0.2) is 37.6 Å². The SMILES string of the molecule is N=C1S/C(=C\c2cc(Br)c(O)c(Br)c2)C(=O)[C@H]1c1nccs1. The second-order valence-corrected chi connectivity index (χ2v) is 8.19. The molecule has 2 aromatic rings. The minimum absolute atomic E-state index is 0.106. The summed E-state index contributed by atoms with van der Waals surface area (Å²) in [4.78, 5) is 17.2. The molecule has 2 heterocycles. The molecule has 0 saturated carbocycles. The number of hydrogen-bond acceptors (Lipinski definition) is 6. The fourth-order valence-corrected chi connectivity index (χ4v) is 5.04. The summed E-state index contributed by atoms with van der Waals surface area (Å²) in [5, 5.41) is 20.5. The van der Waals surface area contributed by atoms with E-state index in [2.05, 4.69) is 36.8 Å². The molecule has 112 valence electrons. The fraction of sp³-hybridized carbons (Fsp3) is 0.0714. The molecule has 1 aromatic heterocycles. The van der Waals surface area contributed by atoms with E-state index in [9.17, 15) is 9.90 Å². The Kier molecular flexibility index (Phi) is 4.54. The maximum Gasteiger partial charge on any atom is 0.186 e. The minimum Gasteiger partial charge on any atom is -0.506 e. The van der Waals surface area contributed by atoms with Crippen LogP contribution in [0.4, 0.5) is 0 Å². The van der Waals surface area contributed by atoms with Gasteiger partial charge in [-0.15, -0.1) is 11.3 Å². The molecule has 1 saturated heterocycles. The van der Waals surface area contributed by atoms with Crippen molar-refractivity contribution in [1.29, 1.82) is 5.41 Å². The van der Waals surface area contributed by atoms with Crippen LogP contribution in [0.25, 0.3) is 6.08 Å². The lowest BCUT2D eigenvalue weighted by molar-refractivity contribution is -0.114. The number of nitrogens with one attached hydrogen (secondary N) is 1. The normalized spacial score (nSPS) is 20.1. The van der Waals surface area contributed by atoms with E-state index in [1.54, 1.807) is 29.8 Å². The van der Waals surface area contributed by atoms with Gasteiger partial charge in [-0.25, -0.2) is 4.98 Å². The quantitative estimate of drug-likeness (QED) is 0.633. The Morgan fingerprint density at radius 3 is 2.59 bits per heavy atom. The number of benzene rings is 1. The van der Waals surface area contributed by atoms with Crippen molar-refractivity contribution in [2.75, 3.05) is 0 Å². The summed E-state index contributed by atoms with van der Waals surface area (Å²) in [7, 11) is 0. The van der Waals surface area contributed by atoms with Crippen LogP contribution in [0.1, 0.15) is 16.5 Å². The van der Waals surface area contributed by atoms with Crippen LogP contribution in [0.3, 0.4) is 0 Å². The molecule has 1 atom stereocenters. The van der Waals surface area contributed by atoms with Gasteiger partial charge in [-0.1, -0.05) is 11.8 Å².